The first-order valence-corrected chi connectivity index (χ1v) is 5.50. The first-order valence-electron chi connectivity index (χ1n) is 2.46. The van der Waals surface area contributed by atoms with Crippen molar-refractivity contribution in [3.05, 3.63) is 0 Å². The normalized spacial score (nSPS) is 12.0. The average Bonchev–Trinajstić information content (AvgIpc) is 1.89. The van der Waals surface area contributed by atoms with Crippen molar-refractivity contribution in [3.8, 4) is 0 Å². The van der Waals surface area contributed by atoms with Crippen LogP contribution in [-0.4, -0.2) is 35.4 Å². The molecule has 0 bridgehead atoms. The van der Waals surface area contributed by atoms with E-state index in [-0.39, 0.29) is 0 Å². The average molecular weight is 171 g/mol. The standard InChI is InChI=1S/C4H11ClO3Si/c1-6-4-9(5,7-2)8-3/h4H2,1-3H3. The van der Waals surface area contributed by atoms with Crippen LogP contribution in [0.15, 0.2) is 0 Å². The Morgan fingerprint density at radius 3 is 1.78 bits per heavy atom. The van der Waals surface area contributed by atoms with E-state index in [1.54, 1.807) is 7.11 Å². The predicted molar refractivity (Wildman–Crippen MR) is 37.5 cm³/mol. The molecule has 0 fully saturated rings. The summed E-state index contributed by atoms with van der Waals surface area (Å²) in [6.45, 7) is 0. The molecule has 5 heteroatoms. The number of hydrogen-bond donors (Lipinski definition) is 0. The number of ether oxygens (including phenoxy) is 1. The van der Waals surface area contributed by atoms with Gasteiger partial charge in [0.2, 0.25) is 0 Å². The molecule has 0 radical (unpaired) electrons. The molecule has 0 N–H and O–H groups in total. The third-order valence-corrected chi connectivity index (χ3v) is 4.03. The van der Waals surface area contributed by atoms with E-state index in [2.05, 4.69) is 0 Å². The first kappa shape index (κ1) is 9.39. The molecule has 9 heavy (non-hydrogen) atoms. The van der Waals surface area contributed by atoms with Gasteiger partial charge in [0.25, 0.3) is 0 Å². The lowest BCUT2D eigenvalue weighted by Gasteiger charge is -2.17. The maximum absolute atomic E-state index is 5.78. The predicted octanol–water partition coefficient (Wildman–Crippen LogP) is 0.642. The van der Waals surface area contributed by atoms with Crippen molar-refractivity contribution in [2.45, 2.75) is 0 Å². The summed E-state index contributed by atoms with van der Waals surface area (Å²) in [6, 6.07) is 0. The minimum Gasteiger partial charge on any atom is -0.385 e. The zero-order valence-electron chi connectivity index (χ0n) is 5.81. The maximum atomic E-state index is 5.78. The molecule has 0 aliphatic rings. The summed E-state index contributed by atoms with van der Waals surface area (Å²) in [4.78, 5) is 0. The summed E-state index contributed by atoms with van der Waals surface area (Å²) in [7, 11) is 2.14. The van der Waals surface area contributed by atoms with Gasteiger partial charge in [-0.15, -0.1) is 0 Å². The lowest BCUT2D eigenvalue weighted by molar-refractivity contribution is 0.178. The van der Waals surface area contributed by atoms with Crippen LogP contribution in [0, 0.1) is 0 Å². The van der Waals surface area contributed by atoms with Crippen LogP contribution in [0.1, 0.15) is 0 Å². The highest BCUT2D eigenvalue weighted by molar-refractivity contribution is 7.12. The SMILES string of the molecule is COC[Si](Cl)(OC)OC. The molecule has 0 rings (SSSR count). The molecule has 0 saturated carbocycles. The third kappa shape index (κ3) is 3.17. The van der Waals surface area contributed by atoms with Gasteiger partial charge in [-0.1, -0.05) is 11.1 Å². The molecule has 0 heterocycles. The molecule has 0 aliphatic carbocycles. The minimum atomic E-state index is -2.45. The van der Waals surface area contributed by atoms with Gasteiger partial charge < -0.3 is 13.6 Å². The smallest absolute Gasteiger partial charge is 0.385 e. The quantitative estimate of drug-likeness (QED) is 0.458. The Morgan fingerprint density at radius 2 is 1.67 bits per heavy atom. The van der Waals surface area contributed by atoms with Gasteiger partial charge >= 0.3 is 7.87 Å². The van der Waals surface area contributed by atoms with Gasteiger partial charge in [-0.2, -0.15) is 0 Å². The molecule has 0 amide bonds. The number of halogens is 1. The molecule has 0 aromatic rings. The van der Waals surface area contributed by atoms with Crippen molar-refractivity contribution < 1.29 is 13.6 Å². The monoisotopic (exact) mass is 170 g/mol. The van der Waals surface area contributed by atoms with Crippen molar-refractivity contribution in [3.63, 3.8) is 0 Å². The van der Waals surface area contributed by atoms with Crippen LogP contribution < -0.4 is 0 Å². The second-order valence-corrected chi connectivity index (χ2v) is 5.65. The molecular formula is C4H11ClO3Si. The van der Waals surface area contributed by atoms with Crippen molar-refractivity contribution in [1.29, 1.82) is 0 Å². The van der Waals surface area contributed by atoms with Gasteiger partial charge in [-0.3, -0.25) is 0 Å². The summed E-state index contributed by atoms with van der Waals surface area (Å²) in [5.41, 5.74) is 0. The van der Waals surface area contributed by atoms with Crippen LogP contribution in [0.4, 0.5) is 0 Å². The van der Waals surface area contributed by atoms with Crippen LogP contribution in [0.2, 0.25) is 0 Å². The van der Waals surface area contributed by atoms with Gasteiger partial charge in [0.05, 0.1) is 0 Å². The second kappa shape index (κ2) is 4.24. The van der Waals surface area contributed by atoms with Crippen molar-refractivity contribution >= 4 is 18.9 Å². The summed E-state index contributed by atoms with van der Waals surface area (Å²) >= 11 is 5.78. The van der Waals surface area contributed by atoms with E-state index in [0.717, 1.165) is 0 Å². The fourth-order valence-electron chi connectivity index (χ4n) is 0.374. The Labute approximate surface area is 60.8 Å². The summed E-state index contributed by atoms with van der Waals surface area (Å²) < 4.78 is 14.5. The van der Waals surface area contributed by atoms with Crippen LogP contribution >= 0.6 is 11.1 Å². The van der Waals surface area contributed by atoms with E-state index in [1.165, 1.54) is 14.2 Å². The fraction of sp³-hybridized carbons (Fsp3) is 1.00. The molecule has 0 atom stereocenters. The largest absolute Gasteiger partial charge is 0.469 e. The van der Waals surface area contributed by atoms with Crippen molar-refractivity contribution in [1.82, 2.24) is 0 Å². The van der Waals surface area contributed by atoms with E-state index in [4.69, 9.17) is 24.7 Å². The van der Waals surface area contributed by atoms with Crippen LogP contribution in [0.3, 0.4) is 0 Å². The third-order valence-electron chi connectivity index (χ3n) is 0.926. The van der Waals surface area contributed by atoms with Gasteiger partial charge in [-0.05, 0) is 0 Å². The molecule has 3 nitrogen and oxygen atoms in total. The lowest BCUT2D eigenvalue weighted by atomic mass is 11.5. The molecule has 0 spiro atoms. The van der Waals surface area contributed by atoms with Gasteiger partial charge in [-0.25, -0.2) is 0 Å². The molecule has 0 aromatic heterocycles. The van der Waals surface area contributed by atoms with E-state index >= 15 is 0 Å². The zero-order chi connectivity index (χ0) is 7.33. The Bertz CT molecular complexity index is 76.2. The van der Waals surface area contributed by atoms with Crippen LogP contribution in [-0.2, 0) is 13.6 Å². The molecule has 0 aromatic carbocycles. The summed E-state index contributed by atoms with van der Waals surface area (Å²) in [5, 5.41) is 0. The highest BCUT2D eigenvalue weighted by atomic mass is 35.6. The number of methoxy groups -OCH3 is 1. The maximum Gasteiger partial charge on any atom is 0.469 e. The van der Waals surface area contributed by atoms with E-state index in [0.29, 0.717) is 6.23 Å². The van der Waals surface area contributed by atoms with Gasteiger partial charge in [0.15, 0.2) is 0 Å². The zero-order valence-corrected chi connectivity index (χ0v) is 7.57. The Kier molecular flexibility index (Phi) is 4.42. The number of hydrogen-bond acceptors (Lipinski definition) is 3. The Hall–Kier alpha value is 0.387. The highest BCUT2D eigenvalue weighted by Gasteiger charge is 2.33. The van der Waals surface area contributed by atoms with Crippen LogP contribution in [0.25, 0.3) is 0 Å². The van der Waals surface area contributed by atoms with Crippen molar-refractivity contribution in [2.75, 3.05) is 27.6 Å². The highest BCUT2D eigenvalue weighted by Crippen LogP contribution is 2.09. The van der Waals surface area contributed by atoms with Gasteiger partial charge in [0, 0.05) is 21.3 Å². The first-order chi connectivity index (χ1) is 4.18. The Morgan fingerprint density at radius 1 is 1.22 bits per heavy atom. The molecular weight excluding hydrogens is 160 g/mol. The molecule has 0 saturated heterocycles. The minimum absolute atomic E-state index is 0.349. The van der Waals surface area contributed by atoms with Gasteiger partial charge in [0.1, 0.15) is 6.23 Å². The van der Waals surface area contributed by atoms with E-state index in [9.17, 15) is 0 Å². The summed E-state index contributed by atoms with van der Waals surface area (Å²) in [6.07, 6.45) is 0.349. The van der Waals surface area contributed by atoms with E-state index < -0.39 is 7.87 Å². The summed E-state index contributed by atoms with van der Waals surface area (Å²) in [5.74, 6) is 0. The Balaban J connectivity index is 3.62. The van der Waals surface area contributed by atoms with E-state index in [1.807, 2.05) is 0 Å². The van der Waals surface area contributed by atoms with Crippen LogP contribution in [0.5, 0.6) is 0 Å². The lowest BCUT2D eigenvalue weighted by Crippen LogP contribution is -2.39. The fourth-order valence-corrected chi connectivity index (χ4v) is 1.45. The second-order valence-electron chi connectivity index (χ2n) is 1.50. The topological polar surface area (TPSA) is 27.7 Å². The molecule has 0 aliphatic heterocycles. The molecule has 56 valence electrons. The number of rotatable bonds is 4. The molecule has 0 unspecified atom stereocenters. The van der Waals surface area contributed by atoms with Crippen molar-refractivity contribution in [2.24, 2.45) is 0 Å².